The maximum atomic E-state index is 12.6. The van der Waals surface area contributed by atoms with Crippen LogP contribution in [0.15, 0.2) is 54.6 Å². The lowest BCUT2D eigenvalue weighted by atomic mass is 10.0. The van der Waals surface area contributed by atoms with Crippen LogP contribution in [0.1, 0.15) is 17.5 Å². The zero-order valence-corrected chi connectivity index (χ0v) is 13.1. The number of carbonyl (C=O) groups is 1. The topological polar surface area (TPSA) is 32.3 Å². The van der Waals surface area contributed by atoms with Crippen LogP contribution < -0.4 is 10.2 Å². The fourth-order valence-corrected chi connectivity index (χ4v) is 2.90. The Kier molecular flexibility index (Phi) is 4.49. The second-order valence-electron chi connectivity index (χ2n) is 5.36. The Bertz CT molecular complexity index is 684. The summed E-state index contributed by atoms with van der Waals surface area (Å²) in [5.41, 5.74) is 3.31. The molecule has 112 valence electrons. The van der Waals surface area contributed by atoms with Gasteiger partial charge in [-0.15, -0.1) is 0 Å². The average Bonchev–Trinajstić information content (AvgIpc) is 2.59. The highest BCUT2D eigenvalue weighted by Gasteiger charge is 2.24. The molecule has 0 saturated carbocycles. The van der Waals surface area contributed by atoms with Crippen molar-refractivity contribution in [2.24, 2.45) is 0 Å². The van der Waals surface area contributed by atoms with Gasteiger partial charge in [0.15, 0.2) is 4.99 Å². The van der Waals surface area contributed by atoms with Crippen molar-refractivity contribution in [3.63, 3.8) is 0 Å². The van der Waals surface area contributed by atoms with Crippen LogP contribution in [0.5, 0.6) is 0 Å². The largest absolute Gasteiger partial charge is 0.368 e. The zero-order valence-electron chi connectivity index (χ0n) is 12.3. The second kappa shape index (κ2) is 6.71. The van der Waals surface area contributed by atoms with Crippen molar-refractivity contribution < 1.29 is 4.79 Å². The lowest BCUT2D eigenvalue weighted by molar-refractivity contribution is -0.112. The molecule has 0 aromatic heterocycles. The van der Waals surface area contributed by atoms with Gasteiger partial charge in [-0.3, -0.25) is 4.79 Å². The van der Waals surface area contributed by atoms with Gasteiger partial charge >= 0.3 is 0 Å². The van der Waals surface area contributed by atoms with Crippen LogP contribution in [0.3, 0.4) is 0 Å². The summed E-state index contributed by atoms with van der Waals surface area (Å²) in [6.45, 7) is 1.30. The Morgan fingerprint density at radius 2 is 1.82 bits per heavy atom. The van der Waals surface area contributed by atoms with Gasteiger partial charge in [-0.05, 0) is 30.0 Å². The van der Waals surface area contributed by atoms with Crippen LogP contribution in [0.25, 0.3) is 0 Å². The van der Waals surface area contributed by atoms with Gasteiger partial charge in [0.05, 0.1) is 0 Å². The summed E-state index contributed by atoms with van der Waals surface area (Å²) < 4.78 is 0. The third-order valence-electron chi connectivity index (χ3n) is 3.85. The lowest BCUT2D eigenvalue weighted by Crippen LogP contribution is -2.44. The normalized spacial score (nSPS) is 13.4. The van der Waals surface area contributed by atoms with Crippen LogP contribution in [0, 0.1) is 0 Å². The summed E-state index contributed by atoms with van der Waals surface area (Å²) in [6, 6.07) is 18.0. The van der Waals surface area contributed by atoms with Gasteiger partial charge in [-0.1, -0.05) is 60.7 Å². The molecule has 3 rings (SSSR count). The molecule has 0 saturated heterocycles. The lowest BCUT2D eigenvalue weighted by Gasteiger charge is -2.29. The van der Waals surface area contributed by atoms with E-state index >= 15 is 0 Å². The minimum atomic E-state index is -0.113. The molecular weight excluding hydrogens is 292 g/mol. The highest BCUT2D eigenvalue weighted by molar-refractivity contribution is 7.82. The summed E-state index contributed by atoms with van der Waals surface area (Å²) in [6.07, 6.45) is 1.99. The summed E-state index contributed by atoms with van der Waals surface area (Å²) in [7, 11) is 0. The van der Waals surface area contributed by atoms with E-state index in [4.69, 9.17) is 12.2 Å². The molecule has 1 aliphatic rings. The molecule has 2 aromatic rings. The number of hydrogen-bond donors (Lipinski definition) is 1. The second-order valence-corrected chi connectivity index (χ2v) is 5.77. The third-order valence-corrected chi connectivity index (χ3v) is 4.16. The van der Waals surface area contributed by atoms with Crippen molar-refractivity contribution in [2.75, 3.05) is 11.4 Å². The van der Waals surface area contributed by atoms with Crippen molar-refractivity contribution in [1.29, 1.82) is 0 Å². The summed E-state index contributed by atoms with van der Waals surface area (Å²) in [5.74, 6) is -0.113. The minimum Gasteiger partial charge on any atom is -0.368 e. The number of amides is 1. The molecule has 4 heteroatoms. The van der Waals surface area contributed by atoms with E-state index in [9.17, 15) is 4.79 Å². The molecule has 1 aliphatic heterocycles. The van der Waals surface area contributed by atoms with E-state index in [0.29, 0.717) is 6.54 Å². The molecule has 0 fully saturated rings. The molecule has 0 unspecified atom stereocenters. The van der Waals surface area contributed by atoms with Crippen LogP contribution >= 0.6 is 12.2 Å². The molecule has 3 nitrogen and oxygen atoms in total. The number of hydrogen-bond acceptors (Lipinski definition) is 2. The van der Waals surface area contributed by atoms with Crippen LogP contribution in [-0.4, -0.2) is 17.4 Å². The molecule has 2 aromatic carbocycles. The Balaban J connectivity index is 1.68. The predicted octanol–water partition coefficient (Wildman–Crippen LogP) is 3.08. The fourth-order valence-electron chi connectivity index (χ4n) is 2.72. The number of carbonyl (C=O) groups excluding carboxylic acids is 1. The summed E-state index contributed by atoms with van der Waals surface area (Å²) >= 11 is 5.28. The Morgan fingerprint density at radius 3 is 2.64 bits per heavy atom. The van der Waals surface area contributed by atoms with Gasteiger partial charge in [0.1, 0.15) is 0 Å². The van der Waals surface area contributed by atoms with Gasteiger partial charge in [0, 0.05) is 18.8 Å². The number of para-hydroxylation sites is 1. The fraction of sp³-hybridized carbons (Fsp3) is 0.222. The molecular formula is C18H18N2OS. The van der Waals surface area contributed by atoms with Gasteiger partial charge in [-0.2, -0.15) is 0 Å². The first kappa shape index (κ1) is 14.7. The highest BCUT2D eigenvalue weighted by Crippen LogP contribution is 2.26. The van der Waals surface area contributed by atoms with Crippen LogP contribution in [0.4, 0.5) is 5.69 Å². The van der Waals surface area contributed by atoms with E-state index in [0.717, 1.165) is 30.6 Å². The van der Waals surface area contributed by atoms with Crippen LogP contribution in [0.2, 0.25) is 0 Å². The Hall–Kier alpha value is -2.20. The number of thiocarbonyl (C=S) groups is 1. The van der Waals surface area contributed by atoms with Gasteiger partial charge in [-0.25, -0.2) is 0 Å². The molecule has 0 bridgehead atoms. The Morgan fingerprint density at radius 1 is 1.09 bits per heavy atom. The number of fused-ring (bicyclic) bond motifs is 1. The molecule has 0 radical (unpaired) electrons. The van der Waals surface area contributed by atoms with E-state index in [1.807, 2.05) is 48.5 Å². The summed E-state index contributed by atoms with van der Waals surface area (Å²) in [4.78, 5) is 14.7. The molecule has 1 N–H and O–H groups in total. The first-order valence-electron chi connectivity index (χ1n) is 7.47. The number of anilines is 1. The number of rotatable bonds is 2. The van der Waals surface area contributed by atoms with E-state index in [1.54, 1.807) is 4.90 Å². The minimum absolute atomic E-state index is 0.113. The van der Waals surface area contributed by atoms with Crippen molar-refractivity contribution in [3.05, 3.63) is 65.7 Å². The molecule has 1 heterocycles. The van der Waals surface area contributed by atoms with Crippen LogP contribution in [-0.2, 0) is 17.8 Å². The van der Waals surface area contributed by atoms with Crippen molar-refractivity contribution in [2.45, 2.75) is 19.4 Å². The van der Waals surface area contributed by atoms with E-state index in [1.165, 1.54) is 5.56 Å². The number of nitrogens with zero attached hydrogens (tertiary/aromatic N) is 1. The smallest absolute Gasteiger partial charge is 0.285 e. The van der Waals surface area contributed by atoms with Crippen molar-refractivity contribution in [3.8, 4) is 0 Å². The predicted molar refractivity (Wildman–Crippen MR) is 93.0 cm³/mol. The molecule has 1 amide bonds. The molecule has 0 spiro atoms. The van der Waals surface area contributed by atoms with Crippen molar-refractivity contribution >= 4 is 28.8 Å². The quantitative estimate of drug-likeness (QED) is 0.865. The highest BCUT2D eigenvalue weighted by atomic mass is 32.1. The third kappa shape index (κ3) is 3.17. The molecule has 0 aliphatic carbocycles. The van der Waals surface area contributed by atoms with Crippen molar-refractivity contribution in [1.82, 2.24) is 5.32 Å². The van der Waals surface area contributed by atoms with Gasteiger partial charge < -0.3 is 10.2 Å². The molecule has 0 atom stereocenters. The Labute approximate surface area is 136 Å². The standard InChI is InChI=1S/C18H18N2OS/c21-18(17(22)19-13-14-7-2-1-3-8-14)20-12-6-10-15-9-4-5-11-16(15)20/h1-5,7-9,11H,6,10,12-13H2,(H,19,22). The zero-order chi connectivity index (χ0) is 15.4. The summed E-state index contributed by atoms with van der Waals surface area (Å²) in [5, 5.41) is 3.07. The monoisotopic (exact) mass is 310 g/mol. The number of aryl methyl sites for hydroxylation is 1. The van der Waals surface area contributed by atoms with E-state index < -0.39 is 0 Å². The SMILES string of the molecule is O=C(C(=S)NCc1ccccc1)N1CCCc2ccccc21. The maximum absolute atomic E-state index is 12.6. The van der Waals surface area contributed by atoms with Gasteiger partial charge in [0.25, 0.3) is 5.91 Å². The van der Waals surface area contributed by atoms with E-state index in [2.05, 4.69) is 11.4 Å². The van der Waals surface area contributed by atoms with Gasteiger partial charge in [0.2, 0.25) is 0 Å². The number of benzene rings is 2. The average molecular weight is 310 g/mol. The first-order chi connectivity index (χ1) is 10.8. The van der Waals surface area contributed by atoms with E-state index in [-0.39, 0.29) is 10.9 Å². The molecule has 22 heavy (non-hydrogen) atoms. The number of nitrogens with one attached hydrogen (secondary N) is 1. The maximum Gasteiger partial charge on any atom is 0.285 e. The first-order valence-corrected chi connectivity index (χ1v) is 7.88.